The molecule has 1 aromatic rings. The number of hydrogen-bond acceptors (Lipinski definition) is 0. The zero-order valence-electron chi connectivity index (χ0n) is 10.6. The lowest BCUT2D eigenvalue weighted by molar-refractivity contribution is 0.590. The second-order valence-electron chi connectivity index (χ2n) is 4.44. The smallest absolute Gasteiger partial charge is 0.0923 e. The van der Waals surface area contributed by atoms with Gasteiger partial charge in [-0.05, 0) is 17.9 Å². The summed E-state index contributed by atoms with van der Waals surface area (Å²) >= 11 is 6.11. The molecule has 0 saturated heterocycles. The molecule has 0 N–H and O–H groups in total. The topological polar surface area (TPSA) is 0 Å². The van der Waals surface area contributed by atoms with Crippen molar-refractivity contribution in [2.75, 3.05) is 0 Å². The van der Waals surface area contributed by atoms with Gasteiger partial charge < -0.3 is 0 Å². The molecule has 0 saturated carbocycles. The Labute approximate surface area is 100 Å². The highest BCUT2D eigenvalue weighted by molar-refractivity contribution is 6.37. The van der Waals surface area contributed by atoms with E-state index < -0.39 is 0 Å². The first-order valence-electron chi connectivity index (χ1n) is 5.38. The quantitative estimate of drug-likeness (QED) is 0.586. The summed E-state index contributed by atoms with van der Waals surface area (Å²) in [5.74, 6) is 0. The highest BCUT2D eigenvalue weighted by atomic mass is 35.5. The van der Waals surface area contributed by atoms with Crippen molar-refractivity contribution < 1.29 is 0 Å². The fourth-order valence-electron chi connectivity index (χ4n) is 1.27. The first-order valence-corrected chi connectivity index (χ1v) is 5.76. The fourth-order valence-corrected chi connectivity index (χ4v) is 1.73. The second kappa shape index (κ2) is 5.60. The van der Waals surface area contributed by atoms with Crippen LogP contribution >= 0.6 is 11.6 Å². The Morgan fingerprint density at radius 2 is 1.60 bits per heavy atom. The SMILES string of the molecule is CC.[B]c1cc(Cl)c(C(C)(C)C)cc1C. The molecule has 0 aliphatic carbocycles. The zero-order chi connectivity index (χ0) is 12.2. The molecule has 0 heterocycles. The normalized spacial score (nSPS) is 10.6. The average Bonchev–Trinajstić information content (AvgIpc) is 2.13. The van der Waals surface area contributed by atoms with Gasteiger partial charge in [-0.2, -0.15) is 0 Å². The summed E-state index contributed by atoms with van der Waals surface area (Å²) in [7, 11) is 5.75. The fraction of sp³-hybridized carbons (Fsp3) is 0.538. The third-order valence-electron chi connectivity index (χ3n) is 2.16. The van der Waals surface area contributed by atoms with E-state index in [0.29, 0.717) is 0 Å². The van der Waals surface area contributed by atoms with Gasteiger partial charge >= 0.3 is 0 Å². The van der Waals surface area contributed by atoms with E-state index >= 15 is 0 Å². The van der Waals surface area contributed by atoms with Crippen LogP contribution in [0.4, 0.5) is 0 Å². The monoisotopic (exact) mass is 222 g/mol. The van der Waals surface area contributed by atoms with E-state index in [1.807, 2.05) is 26.8 Å². The van der Waals surface area contributed by atoms with Crippen molar-refractivity contribution >= 4 is 24.9 Å². The van der Waals surface area contributed by atoms with Gasteiger partial charge in [0.25, 0.3) is 0 Å². The van der Waals surface area contributed by atoms with Crippen LogP contribution in [-0.2, 0) is 5.41 Å². The number of rotatable bonds is 0. The molecule has 1 rings (SSSR count). The molecule has 0 spiro atoms. The first kappa shape index (κ1) is 14.6. The second-order valence-corrected chi connectivity index (χ2v) is 4.85. The van der Waals surface area contributed by atoms with Crippen LogP contribution < -0.4 is 5.46 Å². The molecule has 0 aliphatic heterocycles. The minimum absolute atomic E-state index is 0.0789. The van der Waals surface area contributed by atoms with Gasteiger partial charge in [0.1, 0.15) is 7.85 Å². The maximum Gasteiger partial charge on any atom is 0.114 e. The summed E-state index contributed by atoms with van der Waals surface area (Å²) in [4.78, 5) is 0. The predicted molar refractivity (Wildman–Crippen MR) is 71.6 cm³/mol. The minimum Gasteiger partial charge on any atom is -0.0923 e. The van der Waals surface area contributed by atoms with Gasteiger partial charge in [-0.15, -0.1) is 0 Å². The summed E-state index contributed by atoms with van der Waals surface area (Å²) in [5, 5.41) is 0.760. The first-order chi connectivity index (χ1) is 6.82. The molecule has 82 valence electrons. The van der Waals surface area contributed by atoms with Crippen molar-refractivity contribution in [2.45, 2.75) is 47.0 Å². The molecule has 0 bridgehead atoms. The summed E-state index contributed by atoms with van der Waals surface area (Å²) in [5.41, 5.74) is 3.09. The van der Waals surface area contributed by atoms with Gasteiger partial charge in [-0.25, -0.2) is 0 Å². The Kier molecular flexibility index (Phi) is 5.44. The van der Waals surface area contributed by atoms with E-state index in [-0.39, 0.29) is 5.41 Å². The lowest BCUT2D eigenvalue weighted by atomic mass is 9.82. The molecule has 1 aromatic carbocycles. The standard InChI is InChI=1S/C11H14BCl.C2H6/c1-7-5-8(11(2,3)4)10(13)6-9(7)12;1-2/h5-6H,1-4H3;1-2H3. The lowest BCUT2D eigenvalue weighted by Gasteiger charge is -2.22. The van der Waals surface area contributed by atoms with E-state index in [4.69, 9.17) is 19.4 Å². The van der Waals surface area contributed by atoms with Crippen LogP contribution in [0, 0.1) is 6.92 Å². The summed E-state index contributed by atoms with van der Waals surface area (Å²) in [6.45, 7) is 12.4. The molecular weight excluding hydrogens is 202 g/mol. The number of aryl methyl sites for hydroxylation is 1. The average molecular weight is 223 g/mol. The zero-order valence-corrected chi connectivity index (χ0v) is 11.4. The molecule has 0 nitrogen and oxygen atoms in total. The Bertz CT molecular complexity index is 324. The molecule has 0 fully saturated rings. The highest BCUT2D eigenvalue weighted by Gasteiger charge is 2.17. The highest BCUT2D eigenvalue weighted by Crippen LogP contribution is 2.29. The Morgan fingerprint density at radius 1 is 1.13 bits per heavy atom. The molecule has 0 aliphatic rings. The van der Waals surface area contributed by atoms with Crippen molar-refractivity contribution in [3.63, 3.8) is 0 Å². The van der Waals surface area contributed by atoms with Crippen molar-refractivity contribution in [2.24, 2.45) is 0 Å². The molecule has 0 unspecified atom stereocenters. The van der Waals surface area contributed by atoms with Gasteiger partial charge in [-0.3, -0.25) is 0 Å². The van der Waals surface area contributed by atoms with Crippen LogP contribution in [0.2, 0.25) is 5.02 Å². The number of halogens is 1. The maximum absolute atomic E-state index is 6.11. The van der Waals surface area contributed by atoms with E-state index in [9.17, 15) is 0 Å². The maximum atomic E-state index is 6.11. The van der Waals surface area contributed by atoms with Crippen LogP contribution in [0.25, 0.3) is 0 Å². The van der Waals surface area contributed by atoms with Crippen molar-refractivity contribution in [1.82, 2.24) is 0 Å². The Morgan fingerprint density at radius 3 is 2.00 bits per heavy atom. The summed E-state index contributed by atoms with van der Waals surface area (Å²) in [6, 6.07) is 3.90. The van der Waals surface area contributed by atoms with Gasteiger partial charge in [0.15, 0.2) is 0 Å². The Balaban J connectivity index is 0.000000921. The third kappa shape index (κ3) is 3.91. The van der Waals surface area contributed by atoms with Crippen molar-refractivity contribution in [3.8, 4) is 0 Å². The van der Waals surface area contributed by atoms with Crippen LogP contribution in [0.1, 0.15) is 45.7 Å². The van der Waals surface area contributed by atoms with E-state index in [2.05, 4.69) is 26.8 Å². The Hall–Kier alpha value is -0.425. The van der Waals surface area contributed by atoms with Crippen molar-refractivity contribution in [1.29, 1.82) is 0 Å². The minimum atomic E-state index is 0.0789. The number of hydrogen-bond donors (Lipinski definition) is 0. The molecule has 0 amide bonds. The van der Waals surface area contributed by atoms with Crippen LogP contribution in [0.15, 0.2) is 12.1 Å². The van der Waals surface area contributed by atoms with Crippen molar-refractivity contribution in [3.05, 3.63) is 28.3 Å². The predicted octanol–water partition coefficient (Wildman–Crippen LogP) is 3.77. The van der Waals surface area contributed by atoms with Crippen LogP contribution in [0.5, 0.6) is 0 Å². The van der Waals surface area contributed by atoms with Gasteiger partial charge in [0.2, 0.25) is 0 Å². The summed E-state index contributed by atoms with van der Waals surface area (Å²) in [6.07, 6.45) is 0. The van der Waals surface area contributed by atoms with E-state index in [0.717, 1.165) is 21.6 Å². The van der Waals surface area contributed by atoms with Gasteiger partial charge in [0, 0.05) is 5.02 Å². The van der Waals surface area contributed by atoms with E-state index in [1.54, 1.807) is 0 Å². The number of benzene rings is 1. The molecule has 0 aromatic heterocycles. The molecule has 0 atom stereocenters. The molecular formula is C13H20BCl. The third-order valence-corrected chi connectivity index (χ3v) is 2.48. The summed E-state index contributed by atoms with van der Waals surface area (Å²) < 4.78 is 0. The van der Waals surface area contributed by atoms with E-state index in [1.165, 1.54) is 0 Å². The molecule has 2 heteroatoms. The van der Waals surface area contributed by atoms with Gasteiger partial charge in [-0.1, -0.05) is 69.4 Å². The van der Waals surface area contributed by atoms with Crippen LogP contribution in [-0.4, -0.2) is 7.85 Å². The van der Waals surface area contributed by atoms with Crippen LogP contribution in [0.3, 0.4) is 0 Å². The van der Waals surface area contributed by atoms with Gasteiger partial charge in [0.05, 0.1) is 0 Å². The largest absolute Gasteiger partial charge is 0.114 e. The lowest BCUT2D eigenvalue weighted by Crippen LogP contribution is -2.16. The molecule has 15 heavy (non-hydrogen) atoms. The molecule has 2 radical (unpaired) electrons.